The Labute approximate surface area is 104 Å². The Morgan fingerprint density at radius 1 is 1.19 bits per heavy atom. The third-order valence-corrected chi connectivity index (χ3v) is 5.15. The predicted molar refractivity (Wildman–Crippen MR) is 71.1 cm³/mol. The van der Waals surface area contributed by atoms with E-state index in [0.29, 0.717) is 0 Å². The van der Waals surface area contributed by atoms with Gasteiger partial charge in [-0.25, -0.2) is 0 Å². The molecule has 0 spiro atoms. The van der Waals surface area contributed by atoms with Crippen molar-refractivity contribution in [3.63, 3.8) is 0 Å². The molecule has 1 heterocycles. The second-order valence-corrected chi connectivity index (χ2v) is 6.83. The van der Waals surface area contributed by atoms with Crippen molar-refractivity contribution in [1.82, 2.24) is 10.2 Å². The van der Waals surface area contributed by atoms with Crippen molar-refractivity contribution in [2.45, 2.75) is 44.2 Å². The van der Waals surface area contributed by atoms with Crippen LogP contribution in [0.25, 0.3) is 0 Å². The van der Waals surface area contributed by atoms with Crippen LogP contribution in [-0.4, -0.2) is 48.1 Å². The summed E-state index contributed by atoms with van der Waals surface area (Å²) >= 11 is 2.12. The summed E-state index contributed by atoms with van der Waals surface area (Å²) < 4.78 is 0. The van der Waals surface area contributed by atoms with Gasteiger partial charge >= 0.3 is 0 Å². The Morgan fingerprint density at radius 3 is 2.69 bits per heavy atom. The van der Waals surface area contributed by atoms with Crippen LogP contribution in [0.15, 0.2) is 0 Å². The number of nitrogens with zero attached hydrogens (tertiary/aromatic N) is 1. The summed E-state index contributed by atoms with van der Waals surface area (Å²) in [6.45, 7) is 3.98. The molecule has 2 aliphatic carbocycles. The van der Waals surface area contributed by atoms with Gasteiger partial charge in [0.2, 0.25) is 0 Å². The van der Waals surface area contributed by atoms with Crippen LogP contribution >= 0.6 is 11.8 Å². The van der Waals surface area contributed by atoms with Crippen molar-refractivity contribution in [2.75, 3.05) is 31.1 Å². The highest BCUT2D eigenvalue weighted by Crippen LogP contribution is 2.34. The molecule has 92 valence electrons. The maximum Gasteiger partial charge on any atom is 0.0170 e. The highest BCUT2D eigenvalue weighted by atomic mass is 32.2. The minimum Gasteiger partial charge on any atom is -0.312 e. The summed E-state index contributed by atoms with van der Waals surface area (Å²) in [4.78, 5) is 2.79. The Morgan fingerprint density at radius 2 is 2.06 bits per heavy atom. The molecular weight excluding hydrogens is 216 g/mol. The van der Waals surface area contributed by atoms with Gasteiger partial charge in [-0.05, 0) is 44.6 Å². The lowest BCUT2D eigenvalue weighted by atomic mass is 10.2. The van der Waals surface area contributed by atoms with Crippen molar-refractivity contribution in [1.29, 1.82) is 0 Å². The molecule has 0 bridgehead atoms. The first-order valence-corrected chi connectivity index (χ1v) is 8.12. The van der Waals surface area contributed by atoms with Crippen LogP contribution in [0, 0.1) is 5.92 Å². The van der Waals surface area contributed by atoms with Crippen molar-refractivity contribution >= 4 is 11.8 Å². The summed E-state index contributed by atoms with van der Waals surface area (Å²) in [6.07, 6.45) is 7.32. The summed E-state index contributed by atoms with van der Waals surface area (Å²) in [5.74, 6) is 3.71. The molecule has 3 heteroatoms. The van der Waals surface area contributed by atoms with E-state index in [9.17, 15) is 0 Å². The van der Waals surface area contributed by atoms with E-state index < -0.39 is 0 Å². The molecule has 2 saturated carbocycles. The van der Waals surface area contributed by atoms with Gasteiger partial charge in [0, 0.05) is 36.7 Å². The normalized spacial score (nSPS) is 30.9. The fraction of sp³-hybridized carbons (Fsp3) is 1.00. The van der Waals surface area contributed by atoms with Crippen LogP contribution in [-0.2, 0) is 0 Å². The van der Waals surface area contributed by atoms with Gasteiger partial charge in [0.1, 0.15) is 0 Å². The van der Waals surface area contributed by atoms with Gasteiger partial charge in [-0.2, -0.15) is 11.8 Å². The quantitative estimate of drug-likeness (QED) is 0.764. The molecule has 0 aromatic rings. The number of rotatable bonds is 6. The largest absolute Gasteiger partial charge is 0.312 e. The first-order valence-electron chi connectivity index (χ1n) is 6.97. The van der Waals surface area contributed by atoms with Gasteiger partial charge in [-0.1, -0.05) is 0 Å². The first-order chi connectivity index (χ1) is 7.92. The smallest absolute Gasteiger partial charge is 0.0170 e. The number of nitrogens with one attached hydrogen (secondary N) is 1. The van der Waals surface area contributed by atoms with Crippen molar-refractivity contribution in [3.8, 4) is 0 Å². The third-order valence-electron chi connectivity index (χ3n) is 4.02. The molecule has 16 heavy (non-hydrogen) atoms. The zero-order chi connectivity index (χ0) is 10.8. The van der Waals surface area contributed by atoms with Crippen molar-refractivity contribution in [3.05, 3.63) is 0 Å². The molecule has 0 radical (unpaired) electrons. The molecule has 2 nitrogen and oxygen atoms in total. The predicted octanol–water partition coefficient (Wildman–Crippen LogP) is 1.96. The number of thioether (sulfide) groups is 1. The fourth-order valence-electron chi connectivity index (χ4n) is 2.62. The van der Waals surface area contributed by atoms with Gasteiger partial charge in [-0.15, -0.1) is 0 Å². The molecule has 3 fully saturated rings. The third kappa shape index (κ3) is 3.38. The summed E-state index contributed by atoms with van der Waals surface area (Å²) in [5, 5.41) is 3.66. The maximum absolute atomic E-state index is 3.66. The fourth-order valence-corrected chi connectivity index (χ4v) is 3.62. The van der Waals surface area contributed by atoms with Crippen LogP contribution in [0.3, 0.4) is 0 Å². The molecule has 1 atom stereocenters. The van der Waals surface area contributed by atoms with Crippen molar-refractivity contribution < 1.29 is 0 Å². The Balaban J connectivity index is 1.39. The van der Waals surface area contributed by atoms with E-state index in [1.807, 2.05) is 0 Å². The zero-order valence-electron chi connectivity index (χ0n) is 10.2. The SMILES string of the molecule is C1CSCC(CCN(CC2CC2)C2CC2)N1. The topological polar surface area (TPSA) is 15.3 Å². The Hall–Kier alpha value is 0.270. The van der Waals surface area contributed by atoms with Crippen LogP contribution in [0.4, 0.5) is 0 Å². The summed E-state index contributed by atoms with van der Waals surface area (Å²) in [5.41, 5.74) is 0. The van der Waals surface area contributed by atoms with E-state index in [0.717, 1.165) is 18.0 Å². The summed E-state index contributed by atoms with van der Waals surface area (Å²) in [7, 11) is 0. The molecular formula is C13H24N2S. The van der Waals surface area contributed by atoms with E-state index in [1.165, 1.54) is 63.2 Å². The molecule has 1 N–H and O–H groups in total. The molecule has 3 rings (SSSR count). The summed E-state index contributed by atoms with van der Waals surface area (Å²) in [6, 6.07) is 1.76. The van der Waals surface area contributed by atoms with Crippen LogP contribution in [0.2, 0.25) is 0 Å². The van der Waals surface area contributed by atoms with E-state index in [4.69, 9.17) is 0 Å². The van der Waals surface area contributed by atoms with E-state index in [-0.39, 0.29) is 0 Å². The molecule has 1 unspecified atom stereocenters. The second kappa shape index (κ2) is 5.28. The van der Waals surface area contributed by atoms with Gasteiger partial charge in [-0.3, -0.25) is 0 Å². The molecule has 1 saturated heterocycles. The highest BCUT2D eigenvalue weighted by molar-refractivity contribution is 7.99. The zero-order valence-corrected chi connectivity index (χ0v) is 11.0. The standard InChI is InChI=1S/C13H24N2S/c1-2-11(1)9-15(13-3-4-13)7-5-12-10-16-8-6-14-12/h11-14H,1-10H2. The van der Waals surface area contributed by atoms with Gasteiger partial charge in [0.25, 0.3) is 0 Å². The first kappa shape index (κ1) is 11.4. The number of hydrogen-bond donors (Lipinski definition) is 1. The lowest BCUT2D eigenvalue weighted by Gasteiger charge is -2.27. The molecule has 0 aromatic carbocycles. The molecule has 0 aromatic heterocycles. The minimum absolute atomic E-state index is 0.791. The second-order valence-electron chi connectivity index (χ2n) is 5.68. The lowest BCUT2D eigenvalue weighted by molar-refractivity contribution is 0.240. The average molecular weight is 240 g/mol. The van der Waals surface area contributed by atoms with Crippen LogP contribution in [0.1, 0.15) is 32.1 Å². The van der Waals surface area contributed by atoms with Gasteiger partial charge < -0.3 is 10.2 Å². The van der Waals surface area contributed by atoms with Crippen LogP contribution in [0.5, 0.6) is 0 Å². The van der Waals surface area contributed by atoms with Gasteiger partial charge in [0.05, 0.1) is 0 Å². The van der Waals surface area contributed by atoms with E-state index >= 15 is 0 Å². The minimum atomic E-state index is 0.791. The number of hydrogen-bond acceptors (Lipinski definition) is 3. The van der Waals surface area contributed by atoms with Crippen molar-refractivity contribution in [2.24, 2.45) is 5.92 Å². The average Bonchev–Trinajstić information content (AvgIpc) is 3.16. The lowest BCUT2D eigenvalue weighted by Crippen LogP contribution is -2.41. The molecule has 3 aliphatic rings. The van der Waals surface area contributed by atoms with Crippen LogP contribution < -0.4 is 5.32 Å². The highest BCUT2D eigenvalue weighted by Gasteiger charge is 2.33. The molecule has 1 aliphatic heterocycles. The Kier molecular flexibility index (Phi) is 3.75. The van der Waals surface area contributed by atoms with E-state index in [2.05, 4.69) is 22.0 Å². The van der Waals surface area contributed by atoms with E-state index in [1.54, 1.807) is 0 Å². The molecule has 0 amide bonds. The Bertz CT molecular complexity index is 220. The maximum atomic E-state index is 3.66. The van der Waals surface area contributed by atoms with Gasteiger partial charge in [0.15, 0.2) is 0 Å². The monoisotopic (exact) mass is 240 g/mol.